The molecule has 0 amide bonds. The van der Waals surface area contributed by atoms with E-state index in [0.717, 1.165) is 0 Å². The van der Waals surface area contributed by atoms with E-state index in [4.69, 9.17) is 0 Å². The van der Waals surface area contributed by atoms with Crippen molar-refractivity contribution in [2.24, 2.45) is 0 Å². The summed E-state index contributed by atoms with van der Waals surface area (Å²) in [6.45, 7) is 5.20. The molecule has 2 rings (SSSR count). The van der Waals surface area contributed by atoms with Gasteiger partial charge < -0.3 is 5.32 Å². The predicted octanol–water partition coefficient (Wildman–Crippen LogP) is 1.12. The lowest BCUT2D eigenvalue weighted by Crippen LogP contribution is -2.58. The molecule has 1 aromatic rings. The SMILES string of the molecule is CCN(C1CNC1)S(=O)(=O)c1ccc(F)cc1C. The Labute approximate surface area is 107 Å². The fourth-order valence-corrected chi connectivity index (χ4v) is 3.97. The smallest absolute Gasteiger partial charge is 0.243 e. The second-order valence-corrected chi connectivity index (χ2v) is 6.29. The molecule has 0 spiro atoms. The van der Waals surface area contributed by atoms with Crippen LogP contribution in [-0.2, 0) is 10.0 Å². The van der Waals surface area contributed by atoms with Gasteiger partial charge in [0.1, 0.15) is 5.82 Å². The van der Waals surface area contributed by atoms with Gasteiger partial charge in [0.25, 0.3) is 0 Å². The molecular weight excluding hydrogens is 255 g/mol. The standard InChI is InChI=1S/C12H17FN2O2S/c1-3-15(11-7-14-8-11)18(16,17)12-5-4-10(13)6-9(12)2/h4-6,11,14H,3,7-8H2,1-2H3. The Morgan fingerprint density at radius 1 is 1.44 bits per heavy atom. The first kappa shape index (κ1) is 13.5. The van der Waals surface area contributed by atoms with E-state index >= 15 is 0 Å². The summed E-state index contributed by atoms with van der Waals surface area (Å²) in [6.07, 6.45) is 0. The van der Waals surface area contributed by atoms with Gasteiger partial charge in [-0.2, -0.15) is 4.31 Å². The summed E-state index contributed by atoms with van der Waals surface area (Å²) in [5.41, 5.74) is 0.445. The molecule has 18 heavy (non-hydrogen) atoms. The van der Waals surface area contributed by atoms with Crippen molar-refractivity contribution in [2.45, 2.75) is 24.8 Å². The van der Waals surface area contributed by atoms with Crippen molar-refractivity contribution >= 4 is 10.0 Å². The van der Waals surface area contributed by atoms with Crippen molar-refractivity contribution in [2.75, 3.05) is 19.6 Å². The molecule has 0 bridgehead atoms. The Balaban J connectivity index is 2.39. The molecule has 1 aliphatic heterocycles. The number of likely N-dealkylation sites (N-methyl/N-ethyl adjacent to an activating group) is 1. The van der Waals surface area contributed by atoms with Gasteiger partial charge in [0.05, 0.1) is 4.90 Å². The molecule has 4 nitrogen and oxygen atoms in total. The first-order chi connectivity index (χ1) is 8.46. The molecular formula is C12H17FN2O2S. The third kappa shape index (κ3) is 2.28. The number of sulfonamides is 1. The van der Waals surface area contributed by atoms with Gasteiger partial charge >= 0.3 is 0 Å². The quantitative estimate of drug-likeness (QED) is 0.893. The van der Waals surface area contributed by atoms with Gasteiger partial charge in [-0.1, -0.05) is 6.92 Å². The van der Waals surface area contributed by atoms with Crippen LogP contribution in [0.15, 0.2) is 23.1 Å². The molecule has 1 N–H and O–H groups in total. The second-order valence-electron chi connectivity index (χ2n) is 4.43. The van der Waals surface area contributed by atoms with E-state index in [0.29, 0.717) is 25.2 Å². The van der Waals surface area contributed by atoms with Crippen molar-refractivity contribution in [1.29, 1.82) is 0 Å². The minimum Gasteiger partial charge on any atom is -0.313 e. The number of aryl methyl sites for hydroxylation is 1. The molecule has 0 radical (unpaired) electrons. The normalized spacial score (nSPS) is 16.9. The van der Waals surface area contributed by atoms with Crippen molar-refractivity contribution in [1.82, 2.24) is 9.62 Å². The molecule has 0 unspecified atom stereocenters. The predicted molar refractivity (Wildman–Crippen MR) is 67.4 cm³/mol. The van der Waals surface area contributed by atoms with E-state index in [1.807, 2.05) is 6.92 Å². The van der Waals surface area contributed by atoms with E-state index in [9.17, 15) is 12.8 Å². The third-order valence-corrected chi connectivity index (χ3v) is 5.39. The molecule has 1 heterocycles. The molecule has 1 aliphatic rings. The monoisotopic (exact) mass is 272 g/mol. The van der Waals surface area contributed by atoms with Crippen LogP contribution in [0.3, 0.4) is 0 Å². The summed E-state index contributed by atoms with van der Waals surface area (Å²) in [5, 5.41) is 3.06. The van der Waals surface area contributed by atoms with Crippen LogP contribution in [0.25, 0.3) is 0 Å². The van der Waals surface area contributed by atoms with Gasteiger partial charge in [0, 0.05) is 25.7 Å². The number of hydrogen-bond acceptors (Lipinski definition) is 3. The summed E-state index contributed by atoms with van der Waals surface area (Å²) in [7, 11) is -3.53. The molecule has 0 saturated carbocycles. The lowest BCUT2D eigenvalue weighted by atomic mass is 10.2. The summed E-state index contributed by atoms with van der Waals surface area (Å²) >= 11 is 0. The first-order valence-electron chi connectivity index (χ1n) is 5.95. The number of halogens is 1. The van der Waals surface area contributed by atoms with Crippen molar-refractivity contribution < 1.29 is 12.8 Å². The van der Waals surface area contributed by atoms with Crippen LogP contribution in [0, 0.1) is 12.7 Å². The lowest BCUT2D eigenvalue weighted by Gasteiger charge is -2.36. The number of hydrogen-bond donors (Lipinski definition) is 1. The summed E-state index contributed by atoms with van der Waals surface area (Å²) in [6, 6.07) is 3.78. The molecule has 0 aromatic heterocycles. The number of nitrogens with zero attached hydrogens (tertiary/aromatic N) is 1. The van der Waals surface area contributed by atoms with Crippen LogP contribution in [0.5, 0.6) is 0 Å². The van der Waals surface area contributed by atoms with Crippen molar-refractivity contribution in [3.63, 3.8) is 0 Å². The van der Waals surface area contributed by atoms with Crippen LogP contribution in [-0.4, -0.2) is 38.4 Å². The van der Waals surface area contributed by atoms with E-state index in [-0.39, 0.29) is 10.9 Å². The maximum absolute atomic E-state index is 13.0. The molecule has 1 saturated heterocycles. The van der Waals surface area contributed by atoms with Crippen LogP contribution in [0.2, 0.25) is 0 Å². The van der Waals surface area contributed by atoms with Crippen molar-refractivity contribution in [3.8, 4) is 0 Å². The highest BCUT2D eigenvalue weighted by Crippen LogP contribution is 2.23. The largest absolute Gasteiger partial charge is 0.313 e. The highest BCUT2D eigenvalue weighted by Gasteiger charge is 2.34. The zero-order chi connectivity index (χ0) is 13.3. The minimum atomic E-state index is -3.53. The van der Waals surface area contributed by atoms with E-state index < -0.39 is 15.8 Å². The highest BCUT2D eigenvalue weighted by molar-refractivity contribution is 7.89. The zero-order valence-corrected chi connectivity index (χ0v) is 11.3. The van der Waals surface area contributed by atoms with E-state index in [1.165, 1.54) is 22.5 Å². The fraction of sp³-hybridized carbons (Fsp3) is 0.500. The molecule has 0 aliphatic carbocycles. The molecule has 0 atom stereocenters. The Hall–Kier alpha value is -0.980. The maximum Gasteiger partial charge on any atom is 0.243 e. The van der Waals surface area contributed by atoms with Gasteiger partial charge in [-0.3, -0.25) is 0 Å². The topological polar surface area (TPSA) is 49.4 Å². The Bertz CT molecular complexity index is 541. The lowest BCUT2D eigenvalue weighted by molar-refractivity contribution is 0.249. The Morgan fingerprint density at radius 3 is 2.56 bits per heavy atom. The van der Waals surface area contributed by atoms with Crippen LogP contribution >= 0.6 is 0 Å². The van der Waals surface area contributed by atoms with E-state index in [1.54, 1.807) is 6.92 Å². The average Bonchev–Trinajstić information content (AvgIpc) is 2.22. The van der Waals surface area contributed by atoms with Crippen LogP contribution in [0.1, 0.15) is 12.5 Å². The van der Waals surface area contributed by atoms with Gasteiger partial charge in [-0.15, -0.1) is 0 Å². The molecule has 1 aromatic carbocycles. The zero-order valence-electron chi connectivity index (χ0n) is 10.5. The number of rotatable bonds is 4. The van der Waals surface area contributed by atoms with Crippen LogP contribution < -0.4 is 5.32 Å². The first-order valence-corrected chi connectivity index (χ1v) is 7.39. The summed E-state index contributed by atoms with van der Waals surface area (Å²) in [5.74, 6) is -0.417. The summed E-state index contributed by atoms with van der Waals surface area (Å²) in [4.78, 5) is 0.192. The van der Waals surface area contributed by atoms with Gasteiger partial charge in [-0.25, -0.2) is 12.8 Å². The number of benzene rings is 1. The minimum absolute atomic E-state index is 0.00412. The Kier molecular flexibility index (Phi) is 3.70. The second kappa shape index (κ2) is 4.95. The number of nitrogens with one attached hydrogen (secondary N) is 1. The maximum atomic E-state index is 13.0. The fourth-order valence-electron chi connectivity index (χ4n) is 2.13. The van der Waals surface area contributed by atoms with Crippen LogP contribution in [0.4, 0.5) is 4.39 Å². The van der Waals surface area contributed by atoms with Gasteiger partial charge in [0.15, 0.2) is 0 Å². The summed E-state index contributed by atoms with van der Waals surface area (Å²) < 4.78 is 39.5. The molecule has 100 valence electrons. The highest BCUT2D eigenvalue weighted by atomic mass is 32.2. The Morgan fingerprint density at radius 2 is 2.11 bits per heavy atom. The van der Waals surface area contributed by atoms with Crippen molar-refractivity contribution in [3.05, 3.63) is 29.6 Å². The average molecular weight is 272 g/mol. The van der Waals surface area contributed by atoms with Gasteiger partial charge in [-0.05, 0) is 30.7 Å². The molecule has 6 heteroatoms. The van der Waals surface area contributed by atoms with E-state index in [2.05, 4.69) is 5.32 Å². The molecule has 1 fully saturated rings. The third-order valence-electron chi connectivity index (χ3n) is 3.20. The van der Waals surface area contributed by atoms with Gasteiger partial charge in [0.2, 0.25) is 10.0 Å².